The molecule has 2 aromatic rings. The maximum Gasteiger partial charge on any atom is 0.0690 e. The van der Waals surface area contributed by atoms with Gasteiger partial charge in [0.25, 0.3) is 0 Å². The first-order valence-electron chi connectivity index (χ1n) is 6.35. The first-order chi connectivity index (χ1) is 8.56. The van der Waals surface area contributed by atoms with Crippen molar-refractivity contribution in [3.63, 3.8) is 0 Å². The van der Waals surface area contributed by atoms with Crippen LogP contribution < -0.4 is 5.32 Å². The fourth-order valence-electron chi connectivity index (χ4n) is 1.87. The maximum atomic E-state index is 4.29. The number of aromatic nitrogens is 2. The van der Waals surface area contributed by atoms with Crippen LogP contribution in [0.25, 0.3) is 5.69 Å². The summed E-state index contributed by atoms with van der Waals surface area (Å²) < 4.78 is 1.91. The van der Waals surface area contributed by atoms with Gasteiger partial charge < -0.3 is 5.32 Å². The van der Waals surface area contributed by atoms with Gasteiger partial charge in [-0.2, -0.15) is 5.10 Å². The minimum atomic E-state index is 0.306. The first kappa shape index (κ1) is 12.8. The van der Waals surface area contributed by atoms with Crippen molar-refractivity contribution in [3.05, 3.63) is 48.3 Å². The first-order valence-corrected chi connectivity index (χ1v) is 6.35. The fourth-order valence-corrected chi connectivity index (χ4v) is 1.87. The van der Waals surface area contributed by atoms with Crippen LogP contribution in [-0.2, 0) is 6.54 Å². The lowest BCUT2D eigenvalue weighted by atomic mass is 9.97. The normalized spacial score (nSPS) is 11.7. The lowest BCUT2D eigenvalue weighted by Crippen LogP contribution is -2.26. The van der Waals surface area contributed by atoms with Crippen LogP contribution in [0.2, 0.25) is 0 Å². The van der Waals surface area contributed by atoms with Gasteiger partial charge in [0.1, 0.15) is 0 Å². The highest BCUT2D eigenvalue weighted by Crippen LogP contribution is 2.15. The molecule has 0 aliphatic carbocycles. The van der Waals surface area contributed by atoms with Crippen LogP contribution in [0.15, 0.2) is 42.7 Å². The van der Waals surface area contributed by atoms with Gasteiger partial charge in [0.2, 0.25) is 0 Å². The van der Waals surface area contributed by atoms with E-state index in [1.165, 1.54) is 5.56 Å². The Morgan fingerprint density at radius 1 is 1.17 bits per heavy atom. The summed E-state index contributed by atoms with van der Waals surface area (Å²) in [6.45, 7) is 8.58. The lowest BCUT2D eigenvalue weighted by molar-refractivity contribution is 0.379. The second-order valence-corrected chi connectivity index (χ2v) is 5.74. The summed E-state index contributed by atoms with van der Waals surface area (Å²) in [6, 6.07) is 10.3. The molecule has 0 radical (unpaired) electrons. The molecule has 0 atom stereocenters. The van der Waals surface area contributed by atoms with E-state index in [1.807, 2.05) is 23.0 Å². The molecule has 1 aromatic carbocycles. The van der Waals surface area contributed by atoms with Crippen molar-refractivity contribution in [3.8, 4) is 5.69 Å². The van der Waals surface area contributed by atoms with Gasteiger partial charge >= 0.3 is 0 Å². The summed E-state index contributed by atoms with van der Waals surface area (Å²) >= 11 is 0. The molecule has 0 saturated carbocycles. The van der Waals surface area contributed by atoms with Crippen molar-refractivity contribution >= 4 is 0 Å². The van der Waals surface area contributed by atoms with E-state index < -0.39 is 0 Å². The molecule has 96 valence electrons. The molecular weight excluding hydrogens is 222 g/mol. The monoisotopic (exact) mass is 243 g/mol. The Hall–Kier alpha value is -1.61. The van der Waals surface area contributed by atoms with Crippen molar-refractivity contribution < 1.29 is 0 Å². The molecule has 3 heteroatoms. The van der Waals surface area contributed by atoms with Crippen LogP contribution in [0, 0.1) is 5.41 Å². The number of hydrogen-bond acceptors (Lipinski definition) is 2. The van der Waals surface area contributed by atoms with E-state index in [1.54, 1.807) is 6.20 Å². The summed E-state index contributed by atoms with van der Waals surface area (Å²) in [7, 11) is 0. The van der Waals surface area contributed by atoms with Crippen LogP contribution in [0.3, 0.4) is 0 Å². The van der Waals surface area contributed by atoms with Gasteiger partial charge in [-0.1, -0.05) is 39.0 Å². The molecule has 1 N–H and O–H groups in total. The van der Waals surface area contributed by atoms with Gasteiger partial charge in [0.05, 0.1) is 5.69 Å². The van der Waals surface area contributed by atoms with E-state index in [0.29, 0.717) is 5.41 Å². The number of para-hydroxylation sites is 1. The molecule has 2 rings (SSSR count). The highest BCUT2D eigenvalue weighted by atomic mass is 15.3. The third-order valence-electron chi connectivity index (χ3n) is 2.71. The van der Waals surface area contributed by atoms with E-state index in [0.717, 1.165) is 18.8 Å². The summed E-state index contributed by atoms with van der Waals surface area (Å²) in [5, 5.41) is 7.80. The summed E-state index contributed by atoms with van der Waals surface area (Å²) in [5.41, 5.74) is 2.72. The third-order valence-corrected chi connectivity index (χ3v) is 2.71. The van der Waals surface area contributed by atoms with Crippen LogP contribution in [0.5, 0.6) is 0 Å². The van der Waals surface area contributed by atoms with E-state index >= 15 is 0 Å². The molecular formula is C15H21N3. The second kappa shape index (κ2) is 5.36. The molecule has 0 saturated heterocycles. The van der Waals surface area contributed by atoms with E-state index in [9.17, 15) is 0 Å². The molecule has 3 nitrogen and oxygen atoms in total. The molecule has 0 spiro atoms. The number of nitrogens with one attached hydrogen (secondary N) is 1. The Kier molecular flexibility index (Phi) is 3.82. The minimum Gasteiger partial charge on any atom is -0.312 e. The van der Waals surface area contributed by atoms with Gasteiger partial charge in [-0.3, -0.25) is 0 Å². The summed E-state index contributed by atoms with van der Waals surface area (Å²) in [5.74, 6) is 0. The van der Waals surface area contributed by atoms with Gasteiger partial charge in [0, 0.05) is 25.5 Å². The zero-order valence-corrected chi connectivity index (χ0v) is 11.4. The lowest BCUT2D eigenvalue weighted by Gasteiger charge is -2.19. The van der Waals surface area contributed by atoms with Gasteiger partial charge in [-0.05, 0) is 23.1 Å². The smallest absolute Gasteiger partial charge is 0.0690 e. The van der Waals surface area contributed by atoms with Gasteiger partial charge in [-0.15, -0.1) is 0 Å². The Bertz CT molecular complexity index is 481. The Morgan fingerprint density at radius 3 is 2.61 bits per heavy atom. The Labute approximate surface area is 109 Å². The van der Waals surface area contributed by atoms with Crippen LogP contribution in [0.4, 0.5) is 0 Å². The number of benzene rings is 1. The Balaban J connectivity index is 2.09. The van der Waals surface area contributed by atoms with Crippen molar-refractivity contribution in [1.82, 2.24) is 15.1 Å². The number of nitrogens with zero attached hydrogens (tertiary/aromatic N) is 2. The predicted molar refractivity (Wildman–Crippen MR) is 74.7 cm³/mol. The standard InChI is InChI=1S/C15H21N3/c1-15(2,3)12-16-11-13-7-4-5-8-14(13)18-10-6-9-17-18/h4-10,16H,11-12H2,1-3H3. The van der Waals surface area contributed by atoms with Crippen molar-refractivity contribution in [2.24, 2.45) is 5.41 Å². The number of rotatable bonds is 4. The largest absolute Gasteiger partial charge is 0.312 e. The molecule has 0 unspecified atom stereocenters. The van der Waals surface area contributed by atoms with E-state index in [2.05, 4.69) is 49.4 Å². The molecule has 1 heterocycles. The SMILES string of the molecule is CC(C)(C)CNCc1ccccc1-n1cccn1. The second-order valence-electron chi connectivity index (χ2n) is 5.74. The molecule has 0 bridgehead atoms. The highest BCUT2D eigenvalue weighted by Gasteiger charge is 2.10. The van der Waals surface area contributed by atoms with Crippen molar-refractivity contribution in [1.29, 1.82) is 0 Å². The van der Waals surface area contributed by atoms with Crippen LogP contribution in [-0.4, -0.2) is 16.3 Å². The topological polar surface area (TPSA) is 29.9 Å². The quantitative estimate of drug-likeness (QED) is 0.894. The van der Waals surface area contributed by atoms with E-state index in [4.69, 9.17) is 0 Å². The molecule has 0 aliphatic heterocycles. The highest BCUT2D eigenvalue weighted by molar-refractivity contribution is 5.40. The van der Waals surface area contributed by atoms with Crippen molar-refractivity contribution in [2.75, 3.05) is 6.54 Å². The van der Waals surface area contributed by atoms with Crippen LogP contribution in [0.1, 0.15) is 26.3 Å². The van der Waals surface area contributed by atoms with E-state index in [-0.39, 0.29) is 0 Å². The predicted octanol–water partition coefficient (Wildman–Crippen LogP) is 3.01. The van der Waals surface area contributed by atoms with Crippen molar-refractivity contribution in [2.45, 2.75) is 27.3 Å². The zero-order chi connectivity index (χ0) is 13.0. The third kappa shape index (κ3) is 3.44. The molecule has 1 aromatic heterocycles. The van der Waals surface area contributed by atoms with Crippen LogP contribution >= 0.6 is 0 Å². The molecule has 0 amide bonds. The maximum absolute atomic E-state index is 4.29. The minimum absolute atomic E-state index is 0.306. The summed E-state index contributed by atoms with van der Waals surface area (Å²) in [4.78, 5) is 0. The zero-order valence-electron chi connectivity index (χ0n) is 11.4. The average Bonchev–Trinajstić information content (AvgIpc) is 2.81. The number of hydrogen-bond donors (Lipinski definition) is 1. The average molecular weight is 243 g/mol. The molecule has 0 fully saturated rings. The van der Waals surface area contributed by atoms with Gasteiger partial charge in [-0.25, -0.2) is 4.68 Å². The summed E-state index contributed by atoms with van der Waals surface area (Å²) in [6.07, 6.45) is 3.78. The molecule has 18 heavy (non-hydrogen) atoms. The Morgan fingerprint density at radius 2 is 1.94 bits per heavy atom. The fraction of sp³-hybridized carbons (Fsp3) is 0.400. The molecule has 0 aliphatic rings. The van der Waals surface area contributed by atoms with Gasteiger partial charge in [0.15, 0.2) is 0 Å².